The van der Waals surface area contributed by atoms with Crippen LogP contribution in [0.4, 0.5) is 4.79 Å². The van der Waals surface area contributed by atoms with Gasteiger partial charge in [0.25, 0.3) is 0 Å². The van der Waals surface area contributed by atoms with Crippen LogP contribution >= 0.6 is 11.6 Å². The fraction of sp³-hybridized carbons (Fsp3) is 0.217. The number of ether oxygens (including phenoxy) is 1. The predicted octanol–water partition coefficient (Wildman–Crippen LogP) is 5.44. The van der Waals surface area contributed by atoms with Crippen LogP contribution in [0.3, 0.4) is 0 Å². The van der Waals surface area contributed by atoms with Gasteiger partial charge >= 0.3 is 6.16 Å². The first-order valence-electron chi connectivity index (χ1n) is 10.3. The number of nitrogens with zero attached hydrogens (tertiary/aromatic N) is 4. The van der Waals surface area contributed by atoms with Gasteiger partial charge in [0.15, 0.2) is 5.15 Å². The van der Waals surface area contributed by atoms with E-state index in [1.165, 1.54) is 0 Å². The van der Waals surface area contributed by atoms with Gasteiger partial charge in [0, 0.05) is 12.0 Å². The SMILES string of the molecule is CCCCc1nc(Cl)c(OC(=O)O)n1Cc1ccc(-c2ccccc2-c2cn[nH]n2)cc1. The molecule has 0 saturated carbocycles. The lowest BCUT2D eigenvalue weighted by atomic mass is 9.97. The van der Waals surface area contributed by atoms with Crippen molar-refractivity contribution in [3.63, 3.8) is 0 Å². The molecule has 0 bridgehead atoms. The lowest BCUT2D eigenvalue weighted by molar-refractivity contribution is 0.140. The van der Waals surface area contributed by atoms with Crippen LogP contribution in [0, 0.1) is 0 Å². The molecule has 0 aliphatic carbocycles. The maximum Gasteiger partial charge on any atom is 0.512 e. The second-order valence-corrected chi connectivity index (χ2v) is 7.64. The zero-order valence-electron chi connectivity index (χ0n) is 17.5. The summed E-state index contributed by atoms with van der Waals surface area (Å²) in [5.74, 6) is 0.749. The van der Waals surface area contributed by atoms with E-state index in [4.69, 9.17) is 21.4 Å². The molecule has 164 valence electrons. The van der Waals surface area contributed by atoms with Gasteiger partial charge < -0.3 is 9.84 Å². The Bertz CT molecular complexity index is 1200. The average Bonchev–Trinajstić information content (AvgIpc) is 3.42. The van der Waals surface area contributed by atoms with E-state index in [-0.39, 0.29) is 11.0 Å². The first-order chi connectivity index (χ1) is 15.6. The molecule has 0 aliphatic rings. The predicted molar refractivity (Wildman–Crippen MR) is 121 cm³/mol. The molecule has 0 aliphatic heterocycles. The molecule has 0 atom stereocenters. The zero-order valence-corrected chi connectivity index (χ0v) is 18.2. The number of benzene rings is 2. The lowest BCUT2D eigenvalue weighted by Crippen LogP contribution is -2.12. The van der Waals surface area contributed by atoms with E-state index >= 15 is 0 Å². The summed E-state index contributed by atoms with van der Waals surface area (Å²) in [6.45, 7) is 2.48. The highest BCUT2D eigenvalue weighted by molar-refractivity contribution is 6.30. The molecule has 9 heteroatoms. The molecular formula is C23H22ClN5O3. The highest BCUT2D eigenvalue weighted by atomic mass is 35.5. The number of rotatable bonds is 8. The minimum absolute atomic E-state index is 0.0470. The van der Waals surface area contributed by atoms with Crippen LogP contribution in [0.5, 0.6) is 5.88 Å². The van der Waals surface area contributed by atoms with Crippen molar-refractivity contribution in [2.24, 2.45) is 0 Å². The summed E-state index contributed by atoms with van der Waals surface area (Å²) < 4.78 is 6.66. The molecule has 0 unspecified atom stereocenters. The second-order valence-electron chi connectivity index (χ2n) is 7.28. The molecular weight excluding hydrogens is 430 g/mol. The smallest absolute Gasteiger partial charge is 0.449 e. The summed E-state index contributed by atoms with van der Waals surface area (Å²) in [6, 6.07) is 16.0. The maximum absolute atomic E-state index is 11.1. The number of halogens is 1. The third-order valence-electron chi connectivity index (χ3n) is 5.12. The van der Waals surface area contributed by atoms with Crippen molar-refractivity contribution in [1.29, 1.82) is 0 Å². The van der Waals surface area contributed by atoms with Gasteiger partial charge in [0.1, 0.15) is 11.5 Å². The molecule has 4 rings (SSSR count). The number of carboxylic acid groups (broad SMARTS) is 1. The number of carbonyl (C=O) groups is 1. The minimum atomic E-state index is -1.42. The molecule has 4 aromatic rings. The van der Waals surface area contributed by atoms with Gasteiger partial charge in [0.05, 0.1) is 12.7 Å². The van der Waals surface area contributed by atoms with E-state index in [1.807, 2.05) is 48.5 Å². The number of aromatic amines is 1. The zero-order chi connectivity index (χ0) is 22.5. The highest BCUT2D eigenvalue weighted by Crippen LogP contribution is 2.32. The number of hydrogen-bond acceptors (Lipinski definition) is 5. The van der Waals surface area contributed by atoms with Crippen LogP contribution in [0.15, 0.2) is 54.7 Å². The topological polar surface area (TPSA) is 106 Å². The molecule has 8 nitrogen and oxygen atoms in total. The lowest BCUT2D eigenvalue weighted by Gasteiger charge is -2.12. The number of hydrogen-bond donors (Lipinski definition) is 2. The van der Waals surface area contributed by atoms with Gasteiger partial charge in [-0.3, -0.25) is 4.57 Å². The molecule has 2 heterocycles. The first-order valence-corrected chi connectivity index (χ1v) is 10.6. The summed E-state index contributed by atoms with van der Waals surface area (Å²) in [6.07, 6.45) is 2.85. The summed E-state index contributed by atoms with van der Waals surface area (Å²) >= 11 is 6.18. The Morgan fingerprint density at radius 2 is 1.91 bits per heavy atom. The molecule has 0 radical (unpaired) electrons. The van der Waals surface area contributed by atoms with Crippen molar-refractivity contribution in [1.82, 2.24) is 25.0 Å². The monoisotopic (exact) mass is 451 g/mol. The largest absolute Gasteiger partial charge is 0.512 e. The Labute approximate surface area is 189 Å². The fourth-order valence-electron chi connectivity index (χ4n) is 3.58. The summed E-state index contributed by atoms with van der Waals surface area (Å²) in [4.78, 5) is 15.5. The van der Waals surface area contributed by atoms with Gasteiger partial charge in [-0.05, 0) is 23.1 Å². The van der Waals surface area contributed by atoms with Crippen LogP contribution in [0.25, 0.3) is 22.4 Å². The molecule has 0 amide bonds. The Hall–Kier alpha value is -3.65. The Kier molecular flexibility index (Phi) is 6.51. The van der Waals surface area contributed by atoms with E-state index in [0.717, 1.165) is 40.8 Å². The summed E-state index contributed by atoms with van der Waals surface area (Å²) in [5.41, 5.74) is 4.79. The van der Waals surface area contributed by atoms with Crippen molar-refractivity contribution < 1.29 is 14.6 Å². The van der Waals surface area contributed by atoms with Crippen molar-refractivity contribution in [2.75, 3.05) is 0 Å². The van der Waals surface area contributed by atoms with Gasteiger partial charge in [-0.1, -0.05) is 73.5 Å². The van der Waals surface area contributed by atoms with Gasteiger partial charge in [-0.15, -0.1) is 0 Å². The Morgan fingerprint density at radius 1 is 1.16 bits per heavy atom. The van der Waals surface area contributed by atoms with Gasteiger partial charge in [0.2, 0.25) is 5.88 Å². The number of nitrogens with one attached hydrogen (secondary N) is 1. The molecule has 2 aromatic carbocycles. The highest BCUT2D eigenvalue weighted by Gasteiger charge is 2.20. The molecule has 2 aromatic heterocycles. The number of unbranched alkanes of at least 4 members (excludes halogenated alkanes) is 1. The average molecular weight is 452 g/mol. The van der Waals surface area contributed by atoms with E-state index in [0.29, 0.717) is 18.8 Å². The van der Waals surface area contributed by atoms with E-state index in [2.05, 4.69) is 27.3 Å². The third-order valence-corrected chi connectivity index (χ3v) is 5.37. The minimum Gasteiger partial charge on any atom is -0.449 e. The normalized spacial score (nSPS) is 10.9. The maximum atomic E-state index is 11.1. The third kappa shape index (κ3) is 4.65. The quantitative estimate of drug-likeness (QED) is 0.346. The van der Waals surface area contributed by atoms with Gasteiger partial charge in [-0.2, -0.15) is 15.4 Å². The first kappa shape index (κ1) is 21.6. The van der Waals surface area contributed by atoms with Crippen LogP contribution in [0.1, 0.15) is 31.2 Å². The molecule has 32 heavy (non-hydrogen) atoms. The van der Waals surface area contributed by atoms with Crippen molar-refractivity contribution in [2.45, 2.75) is 32.7 Å². The number of aromatic nitrogens is 5. The molecule has 0 spiro atoms. The van der Waals surface area contributed by atoms with Crippen molar-refractivity contribution >= 4 is 17.8 Å². The van der Waals surface area contributed by atoms with Crippen LogP contribution in [-0.4, -0.2) is 36.2 Å². The number of H-pyrrole nitrogens is 1. The summed E-state index contributed by atoms with van der Waals surface area (Å²) in [7, 11) is 0. The van der Waals surface area contributed by atoms with Crippen LogP contribution in [0.2, 0.25) is 5.15 Å². The van der Waals surface area contributed by atoms with Crippen LogP contribution in [-0.2, 0) is 13.0 Å². The second kappa shape index (κ2) is 9.65. The fourth-order valence-corrected chi connectivity index (χ4v) is 3.82. The standard InChI is InChI=1S/C23H22ClN5O3/c1-2-3-8-20-26-21(24)22(32-23(30)31)29(20)14-15-9-11-16(12-10-15)17-6-4-5-7-18(17)19-13-25-28-27-19/h4-7,9-13H,2-3,8,14H2,1H3,(H,30,31)(H,25,27,28). The van der Waals surface area contributed by atoms with Gasteiger partial charge in [-0.25, -0.2) is 9.78 Å². The number of aryl methyl sites for hydroxylation is 1. The Balaban J connectivity index is 1.64. The molecule has 0 fully saturated rings. The number of imidazole rings is 1. The van der Waals surface area contributed by atoms with E-state index in [1.54, 1.807) is 10.8 Å². The molecule has 0 saturated heterocycles. The van der Waals surface area contributed by atoms with Crippen molar-refractivity contribution in [3.8, 4) is 28.3 Å². The van der Waals surface area contributed by atoms with Crippen molar-refractivity contribution in [3.05, 3.63) is 71.3 Å². The Morgan fingerprint density at radius 3 is 2.56 bits per heavy atom. The van der Waals surface area contributed by atoms with E-state index in [9.17, 15) is 4.79 Å². The summed E-state index contributed by atoms with van der Waals surface area (Å²) in [5, 5.41) is 19.9. The van der Waals surface area contributed by atoms with Crippen LogP contribution < -0.4 is 4.74 Å². The van der Waals surface area contributed by atoms with E-state index < -0.39 is 6.16 Å². The molecule has 2 N–H and O–H groups in total.